The molecule has 10 heteroatoms. The molecular formula is C23H24N8O2. The van der Waals surface area contributed by atoms with E-state index in [4.69, 9.17) is 4.74 Å². The molecule has 1 aromatic carbocycles. The van der Waals surface area contributed by atoms with E-state index in [1.807, 2.05) is 36.7 Å². The molecule has 10 nitrogen and oxygen atoms in total. The standard InChI is InChI=1S/C23H24N8O2/c1-15(17-7-8-21(33-3)26-12-17)28-23(32)16-5-4-6-18(11-16)25-13-20-29-30-22(31(20)2)19-9-10-24-14-27-19/h4-12,14-15,25H,13H2,1-3H3,(H,28,32). The Hall–Kier alpha value is -4.34. The van der Waals surface area contributed by atoms with Gasteiger partial charge in [-0.1, -0.05) is 12.1 Å². The van der Waals surface area contributed by atoms with E-state index >= 15 is 0 Å². The summed E-state index contributed by atoms with van der Waals surface area (Å²) in [6, 6.07) is 12.5. The monoisotopic (exact) mass is 444 g/mol. The predicted molar refractivity (Wildman–Crippen MR) is 122 cm³/mol. The molecule has 1 atom stereocenters. The maximum absolute atomic E-state index is 12.8. The van der Waals surface area contributed by atoms with E-state index in [0.29, 0.717) is 29.5 Å². The van der Waals surface area contributed by atoms with Crippen molar-refractivity contribution in [2.24, 2.45) is 7.05 Å². The number of aromatic nitrogens is 6. The third kappa shape index (κ3) is 5.12. The van der Waals surface area contributed by atoms with E-state index in [1.165, 1.54) is 6.33 Å². The Labute approximate surface area is 191 Å². The second kappa shape index (κ2) is 9.86. The number of nitrogens with one attached hydrogen (secondary N) is 2. The van der Waals surface area contributed by atoms with Crippen LogP contribution in [0.25, 0.3) is 11.5 Å². The van der Waals surface area contributed by atoms with E-state index in [2.05, 4.69) is 35.8 Å². The second-order valence-corrected chi connectivity index (χ2v) is 7.36. The van der Waals surface area contributed by atoms with Crippen molar-refractivity contribution in [3.63, 3.8) is 0 Å². The predicted octanol–water partition coefficient (Wildman–Crippen LogP) is 2.78. The van der Waals surface area contributed by atoms with Gasteiger partial charge in [-0.25, -0.2) is 15.0 Å². The van der Waals surface area contributed by atoms with Crippen molar-refractivity contribution >= 4 is 11.6 Å². The molecule has 3 heterocycles. The highest BCUT2D eigenvalue weighted by Crippen LogP contribution is 2.18. The first-order valence-electron chi connectivity index (χ1n) is 10.3. The van der Waals surface area contributed by atoms with Crippen LogP contribution in [0.15, 0.2) is 61.2 Å². The smallest absolute Gasteiger partial charge is 0.251 e. The van der Waals surface area contributed by atoms with Crippen molar-refractivity contribution in [3.8, 4) is 17.4 Å². The summed E-state index contributed by atoms with van der Waals surface area (Å²) in [7, 11) is 3.45. The van der Waals surface area contributed by atoms with Crippen LogP contribution in [0, 0.1) is 0 Å². The number of hydrogen-bond donors (Lipinski definition) is 2. The van der Waals surface area contributed by atoms with Gasteiger partial charge < -0.3 is 19.9 Å². The van der Waals surface area contributed by atoms with Gasteiger partial charge in [0.15, 0.2) is 11.6 Å². The molecule has 0 aliphatic rings. The Morgan fingerprint density at radius 2 is 2.03 bits per heavy atom. The molecule has 1 amide bonds. The fourth-order valence-corrected chi connectivity index (χ4v) is 3.24. The molecule has 1 unspecified atom stereocenters. The second-order valence-electron chi connectivity index (χ2n) is 7.36. The van der Waals surface area contributed by atoms with Gasteiger partial charge in [0.1, 0.15) is 12.0 Å². The zero-order chi connectivity index (χ0) is 23.2. The molecule has 0 saturated carbocycles. The van der Waals surface area contributed by atoms with Crippen LogP contribution in [0.5, 0.6) is 5.88 Å². The molecule has 0 aliphatic heterocycles. The number of rotatable bonds is 8. The normalized spacial score (nSPS) is 11.6. The molecule has 3 aromatic heterocycles. The zero-order valence-electron chi connectivity index (χ0n) is 18.6. The fraction of sp³-hybridized carbons (Fsp3) is 0.217. The molecule has 0 radical (unpaired) electrons. The van der Waals surface area contributed by atoms with Gasteiger partial charge in [0.25, 0.3) is 5.91 Å². The largest absolute Gasteiger partial charge is 0.481 e. The summed E-state index contributed by atoms with van der Waals surface area (Å²) >= 11 is 0. The molecule has 0 saturated heterocycles. The maximum atomic E-state index is 12.8. The molecule has 168 valence electrons. The average Bonchev–Trinajstić information content (AvgIpc) is 3.23. The maximum Gasteiger partial charge on any atom is 0.251 e. The minimum Gasteiger partial charge on any atom is -0.481 e. The SMILES string of the molecule is COc1ccc(C(C)NC(=O)c2cccc(NCc3nnc(-c4ccncn4)n3C)c2)cn1. The van der Waals surface area contributed by atoms with Crippen molar-refractivity contribution in [1.29, 1.82) is 0 Å². The molecule has 0 aliphatic carbocycles. The van der Waals surface area contributed by atoms with Gasteiger partial charge in [-0.15, -0.1) is 10.2 Å². The number of methoxy groups -OCH3 is 1. The lowest BCUT2D eigenvalue weighted by Gasteiger charge is -2.15. The number of carbonyl (C=O) groups excluding carboxylic acids is 1. The van der Waals surface area contributed by atoms with Gasteiger partial charge in [-0.2, -0.15) is 0 Å². The molecule has 4 rings (SSSR count). The van der Waals surface area contributed by atoms with Crippen molar-refractivity contribution in [1.82, 2.24) is 35.0 Å². The summed E-state index contributed by atoms with van der Waals surface area (Å²) in [4.78, 5) is 25.1. The Balaban J connectivity index is 1.39. The van der Waals surface area contributed by atoms with Crippen LogP contribution < -0.4 is 15.4 Å². The van der Waals surface area contributed by atoms with Crippen molar-refractivity contribution in [2.45, 2.75) is 19.5 Å². The molecule has 33 heavy (non-hydrogen) atoms. The minimum absolute atomic E-state index is 0.174. The quantitative estimate of drug-likeness (QED) is 0.426. The Morgan fingerprint density at radius 1 is 1.15 bits per heavy atom. The van der Waals surface area contributed by atoms with Gasteiger partial charge in [0.2, 0.25) is 5.88 Å². The number of carbonyl (C=O) groups is 1. The lowest BCUT2D eigenvalue weighted by atomic mass is 10.1. The molecular weight excluding hydrogens is 420 g/mol. The van der Waals surface area contributed by atoms with E-state index in [9.17, 15) is 4.79 Å². The fourth-order valence-electron chi connectivity index (χ4n) is 3.24. The molecule has 0 bridgehead atoms. The number of benzene rings is 1. The number of hydrogen-bond acceptors (Lipinski definition) is 8. The first-order valence-corrected chi connectivity index (χ1v) is 10.3. The number of pyridine rings is 1. The van der Waals surface area contributed by atoms with Crippen LogP contribution >= 0.6 is 0 Å². The average molecular weight is 444 g/mol. The number of anilines is 1. The van der Waals surface area contributed by atoms with E-state index in [-0.39, 0.29) is 11.9 Å². The minimum atomic E-state index is -0.202. The topological polar surface area (TPSA) is 120 Å². The first-order chi connectivity index (χ1) is 16.0. The van der Waals surface area contributed by atoms with E-state index < -0.39 is 0 Å². The summed E-state index contributed by atoms with van der Waals surface area (Å²) < 4.78 is 6.95. The third-order valence-corrected chi connectivity index (χ3v) is 5.17. The van der Waals surface area contributed by atoms with Crippen molar-refractivity contribution in [2.75, 3.05) is 12.4 Å². The Bertz CT molecular complexity index is 1220. The van der Waals surface area contributed by atoms with Crippen molar-refractivity contribution < 1.29 is 9.53 Å². The highest BCUT2D eigenvalue weighted by molar-refractivity contribution is 5.95. The summed E-state index contributed by atoms with van der Waals surface area (Å²) in [5, 5.41) is 14.8. The van der Waals surface area contributed by atoms with Crippen LogP contribution in [0.2, 0.25) is 0 Å². The van der Waals surface area contributed by atoms with Gasteiger partial charge in [0.05, 0.1) is 19.7 Å². The van der Waals surface area contributed by atoms with Crippen LogP contribution in [-0.4, -0.2) is 42.7 Å². The van der Waals surface area contributed by atoms with Crippen LogP contribution in [-0.2, 0) is 13.6 Å². The van der Waals surface area contributed by atoms with E-state index in [1.54, 1.807) is 43.8 Å². The van der Waals surface area contributed by atoms with Gasteiger partial charge in [-0.05, 0) is 36.8 Å². The summed E-state index contributed by atoms with van der Waals surface area (Å²) in [5.41, 5.74) is 2.94. The lowest BCUT2D eigenvalue weighted by molar-refractivity contribution is 0.0940. The van der Waals surface area contributed by atoms with Crippen molar-refractivity contribution in [3.05, 3.63) is 78.1 Å². The third-order valence-electron chi connectivity index (χ3n) is 5.17. The van der Waals surface area contributed by atoms with E-state index in [0.717, 1.165) is 17.1 Å². The van der Waals surface area contributed by atoms with Crippen LogP contribution in [0.1, 0.15) is 34.7 Å². The number of ether oxygens (including phenoxy) is 1. The molecule has 0 fully saturated rings. The highest BCUT2D eigenvalue weighted by Gasteiger charge is 2.14. The van der Waals surface area contributed by atoms with Crippen LogP contribution in [0.4, 0.5) is 5.69 Å². The summed E-state index contributed by atoms with van der Waals surface area (Å²) in [5.74, 6) is 1.75. The van der Waals surface area contributed by atoms with Gasteiger partial charge in [0, 0.05) is 36.8 Å². The number of nitrogens with zero attached hydrogens (tertiary/aromatic N) is 6. The number of amides is 1. The first kappa shape index (κ1) is 21.9. The molecule has 0 spiro atoms. The summed E-state index contributed by atoms with van der Waals surface area (Å²) in [6.45, 7) is 2.35. The Kier molecular flexibility index (Phi) is 6.53. The highest BCUT2D eigenvalue weighted by atomic mass is 16.5. The Morgan fingerprint density at radius 3 is 2.76 bits per heavy atom. The van der Waals surface area contributed by atoms with Crippen LogP contribution in [0.3, 0.4) is 0 Å². The summed E-state index contributed by atoms with van der Waals surface area (Å²) in [6.07, 6.45) is 4.83. The lowest BCUT2D eigenvalue weighted by Crippen LogP contribution is -2.26. The van der Waals surface area contributed by atoms with Gasteiger partial charge in [-0.3, -0.25) is 4.79 Å². The zero-order valence-corrected chi connectivity index (χ0v) is 18.6. The van der Waals surface area contributed by atoms with Gasteiger partial charge >= 0.3 is 0 Å². The molecule has 4 aromatic rings. The molecule has 2 N–H and O–H groups in total.